The number of aromatic nitrogens is 2. The molecule has 0 bridgehead atoms. The highest BCUT2D eigenvalue weighted by molar-refractivity contribution is 5.21. The molecule has 1 aliphatic heterocycles. The number of hydrogen-bond acceptors (Lipinski definition) is 2. The van der Waals surface area contributed by atoms with Gasteiger partial charge in [0.2, 0.25) is 0 Å². The van der Waals surface area contributed by atoms with Crippen LogP contribution in [-0.2, 0) is 19.6 Å². The fraction of sp³-hybridized carbons (Fsp3) is 0.571. The zero-order valence-corrected chi connectivity index (χ0v) is 6.48. The second kappa shape index (κ2) is 2.23. The minimum absolute atomic E-state index is 0.0619. The number of hydrogen-bond donors (Lipinski definition) is 2. The van der Waals surface area contributed by atoms with Crippen molar-refractivity contribution in [1.29, 1.82) is 0 Å². The molecule has 0 atom stereocenters. The molecule has 0 amide bonds. The maximum atomic E-state index is 11.2. The highest BCUT2D eigenvalue weighted by atomic mass is 16.1. The Bertz CT molecular complexity index is 323. The summed E-state index contributed by atoms with van der Waals surface area (Å²) in [6, 6.07) is 0. The summed E-state index contributed by atoms with van der Waals surface area (Å²) in [5.74, 6) is 0. The van der Waals surface area contributed by atoms with Gasteiger partial charge in [-0.25, -0.2) is 0 Å². The molecule has 1 aliphatic rings. The number of aromatic amines is 1. The van der Waals surface area contributed by atoms with Crippen molar-refractivity contribution in [2.24, 2.45) is 0 Å². The third-order valence-electron chi connectivity index (χ3n) is 2.10. The summed E-state index contributed by atoms with van der Waals surface area (Å²) in [5.41, 5.74) is 2.09. The van der Waals surface area contributed by atoms with Crippen molar-refractivity contribution < 1.29 is 0 Å². The second-order valence-corrected chi connectivity index (χ2v) is 2.71. The molecule has 0 radical (unpaired) electrons. The van der Waals surface area contributed by atoms with Crippen molar-refractivity contribution in [1.82, 2.24) is 15.1 Å². The number of H-pyrrole nitrogens is 1. The molecule has 0 fully saturated rings. The molecule has 0 saturated carbocycles. The lowest BCUT2D eigenvalue weighted by atomic mass is 10.3. The van der Waals surface area contributed by atoms with Gasteiger partial charge in [0.05, 0.1) is 11.3 Å². The Hall–Kier alpha value is -1.03. The first-order chi connectivity index (χ1) is 5.33. The summed E-state index contributed by atoms with van der Waals surface area (Å²) >= 11 is 0. The first-order valence-corrected chi connectivity index (χ1v) is 3.84. The van der Waals surface area contributed by atoms with Crippen LogP contribution >= 0.6 is 0 Å². The van der Waals surface area contributed by atoms with Crippen LogP contribution in [0.1, 0.15) is 18.2 Å². The lowest BCUT2D eigenvalue weighted by Crippen LogP contribution is -2.13. The number of nitrogens with one attached hydrogen (secondary N) is 2. The van der Waals surface area contributed by atoms with E-state index in [9.17, 15) is 4.79 Å². The number of nitrogens with zero attached hydrogens (tertiary/aromatic N) is 1. The van der Waals surface area contributed by atoms with E-state index in [0.29, 0.717) is 0 Å². The van der Waals surface area contributed by atoms with E-state index < -0.39 is 0 Å². The Labute approximate surface area is 64.2 Å². The molecular formula is C7H11N3O. The fourth-order valence-corrected chi connectivity index (χ4v) is 1.51. The summed E-state index contributed by atoms with van der Waals surface area (Å²) in [4.78, 5) is 11.2. The molecule has 1 aromatic rings. The van der Waals surface area contributed by atoms with Crippen LogP contribution in [0, 0.1) is 0 Å². The average Bonchev–Trinajstić information content (AvgIpc) is 2.54. The van der Waals surface area contributed by atoms with Crippen molar-refractivity contribution in [2.75, 3.05) is 0 Å². The molecule has 0 spiro atoms. The summed E-state index contributed by atoms with van der Waals surface area (Å²) in [5, 5.41) is 5.93. The molecule has 0 unspecified atom stereocenters. The zero-order valence-electron chi connectivity index (χ0n) is 6.48. The third kappa shape index (κ3) is 0.826. The van der Waals surface area contributed by atoms with Gasteiger partial charge in [-0.1, -0.05) is 0 Å². The van der Waals surface area contributed by atoms with E-state index in [0.717, 1.165) is 30.9 Å². The van der Waals surface area contributed by atoms with Gasteiger partial charge in [0.15, 0.2) is 0 Å². The van der Waals surface area contributed by atoms with Gasteiger partial charge in [-0.15, -0.1) is 0 Å². The number of fused-ring (bicyclic) bond motifs is 1. The van der Waals surface area contributed by atoms with Crippen LogP contribution < -0.4 is 10.9 Å². The summed E-state index contributed by atoms with van der Waals surface area (Å²) < 4.78 is 1.90. The van der Waals surface area contributed by atoms with Crippen molar-refractivity contribution in [3.8, 4) is 0 Å². The Morgan fingerprint density at radius 1 is 1.55 bits per heavy atom. The minimum Gasteiger partial charge on any atom is -0.307 e. The van der Waals surface area contributed by atoms with Crippen LogP contribution in [0.15, 0.2) is 4.79 Å². The molecule has 2 N–H and O–H groups in total. The van der Waals surface area contributed by atoms with Gasteiger partial charge in [-0.2, -0.15) is 0 Å². The van der Waals surface area contributed by atoms with Crippen LogP contribution in [0.2, 0.25) is 0 Å². The van der Waals surface area contributed by atoms with E-state index in [1.807, 2.05) is 11.6 Å². The second-order valence-electron chi connectivity index (χ2n) is 2.71. The molecule has 11 heavy (non-hydrogen) atoms. The monoisotopic (exact) mass is 153 g/mol. The lowest BCUT2D eigenvalue weighted by molar-refractivity contribution is 0.600. The molecule has 2 heterocycles. The molecule has 0 aliphatic carbocycles. The maximum Gasteiger partial charge on any atom is 0.268 e. The van der Waals surface area contributed by atoms with Gasteiger partial charge >= 0.3 is 0 Å². The molecule has 4 heteroatoms. The minimum atomic E-state index is 0.0619. The van der Waals surface area contributed by atoms with Crippen LogP contribution in [0.4, 0.5) is 0 Å². The van der Waals surface area contributed by atoms with Gasteiger partial charge < -0.3 is 5.32 Å². The van der Waals surface area contributed by atoms with Crippen molar-refractivity contribution in [2.45, 2.75) is 26.6 Å². The summed E-state index contributed by atoms with van der Waals surface area (Å²) in [6.07, 6.45) is 0. The Morgan fingerprint density at radius 3 is 3.09 bits per heavy atom. The largest absolute Gasteiger partial charge is 0.307 e. The molecule has 1 aromatic heterocycles. The van der Waals surface area contributed by atoms with E-state index in [4.69, 9.17) is 0 Å². The first-order valence-electron chi connectivity index (χ1n) is 3.84. The van der Waals surface area contributed by atoms with Gasteiger partial charge in [-0.05, 0) is 6.92 Å². The smallest absolute Gasteiger partial charge is 0.268 e. The van der Waals surface area contributed by atoms with E-state index in [2.05, 4.69) is 10.4 Å². The fourth-order valence-electron chi connectivity index (χ4n) is 1.51. The van der Waals surface area contributed by atoms with Crippen LogP contribution in [0.3, 0.4) is 0 Å². The molecule has 4 nitrogen and oxygen atoms in total. The normalized spacial score (nSPS) is 15.4. The van der Waals surface area contributed by atoms with Crippen LogP contribution in [-0.4, -0.2) is 9.78 Å². The molecular weight excluding hydrogens is 142 g/mol. The maximum absolute atomic E-state index is 11.2. The predicted octanol–water partition coefficient (Wildman–Crippen LogP) is -0.201. The van der Waals surface area contributed by atoms with Crippen LogP contribution in [0.25, 0.3) is 0 Å². The third-order valence-corrected chi connectivity index (χ3v) is 2.10. The van der Waals surface area contributed by atoms with E-state index >= 15 is 0 Å². The summed E-state index contributed by atoms with van der Waals surface area (Å²) in [7, 11) is 0. The standard InChI is InChI=1S/C7H11N3O/c1-2-10-6-4-8-3-5(6)7(11)9-10/h8H,2-4H2,1H3,(H,9,11). The molecule has 0 aromatic carbocycles. The Kier molecular flexibility index (Phi) is 1.35. The van der Waals surface area contributed by atoms with Crippen molar-refractivity contribution in [3.05, 3.63) is 21.6 Å². The topological polar surface area (TPSA) is 49.8 Å². The van der Waals surface area contributed by atoms with Crippen LogP contribution in [0.5, 0.6) is 0 Å². The molecule has 0 saturated heterocycles. The number of aryl methyl sites for hydroxylation is 1. The lowest BCUT2D eigenvalue weighted by Gasteiger charge is -1.99. The van der Waals surface area contributed by atoms with E-state index in [1.54, 1.807) is 0 Å². The Morgan fingerprint density at radius 2 is 2.36 bits per heavy atom. The molecule has 60 valence electrons. The summed E-state index contributed by atoms with van der Waals surface area (Å²) in [6.45, 7) is 4.40. The Balaban J connectivity index is 2.61. The van der Waals surface area contributed by atoms with Crippen molar-refractivity contribution in [3.63, 3.8) is 0 Å². The highest BCUT2D eigenvalue weighted by Gasteiger charge is 2.18. The van der Waals surface area contributed by atoms with Gasteiger partial charge in [0.1, 0.15) is 0 Å². The predicted molar refractivity (Wildman–Crippen MR) is 41.3 cm³/mol. The van der Waals surface area contributed by atoms with Gasteiger partial charge in [0.25, 0.3) is 5.56 Å². The van der Waals surface area contributed by atoms with E-state index in [1.165, 1.54) is 0 Å². The SMILES string of the molecule is CCn1[nH]c(=O)c2c1CNC2. The van der Waals surface area contributed by atoms with Gasteiger partial charge in [0, 0.05) is 19.6 Å². The number of rotatable bonds is 1. The average molecular weight is 153 g/mol. The van der Waals surface area contributed by atoms with Crippen molar-refractivity contribution >= 4 is 0 Å². The quantitative estimate of drug-likeness (QED) is 0.587. The molecule has 2 rings (SSSR count). The zero-order chi connectivity index (χ0) is 7.84. The highest BCUT2D eigenvalue weighted by Crippen LogP contribution is 2.09. The van der Waals surface area contributed by atoms with Gasteiger partial charge in [-0.3, -0.25) is 14.6 Å². The first kappa shape index (κ1) is 6.67. The van der Waals surface area contributed by atoms with E-state index in [-0.39, 0.29) is 5.56 Å².